The van der Waals surface area contributed by atoms with Gasteiger partial charge in [-0.15, -0.1) is 0 Å². The van der Waals surface area contributed by atoms with Crippen molar-refractivity contribution in [3.05, 3.63) is 22.6 Å². The minimum absolute atomic E-state index is 0.0509. The minimum atomic E-state index is -0.0509. The molecule has 1 saturated carbocycles. The topological polar surface area (TPSA) is 42.2 Å². The third kappa shape index (κ3) is 1.71. The van der Waals surface area contributed by atoms with Gasteiger partial charge >= 0.3 is 0 Å². The van der Waals surface area contributed by atoms with Crippen molar-refractivity contribution in [2.45, 2.75) is 31.7 Å². The normalized spacial score (nSPS) is 17.9. The Morgan fingerprint density at radius 3 is 2.86 bits per heavy atom. The van der Waals surface area contributed by atoms with Gasteiger partial charge in [0.15, 0.2) is 4.67 Å². The molecule has 3 nitrogen and oxygen atoms in total. The lowest BCUT2D eigenvalue weighted by Crippen LogP contribution is -2.36. The maximum Gasteiger partial charge on any atom is 0.256 e. The summed E-state index contributed by atoms with van der Waals surface area (Å²) in [6.45, 7) is 2.09. The molecule has 0 radical (unpaired) electrons. The summed E-state index contributed by atoms with van der Waals surface area (Å²) in [7, 11) is 0. The summed E-state index contributed by atoms with van der Waals surface area (Å²) in [6, 6.07) is 1.67. The zero-order valence-electron chi connectivity index (χ0n) is 7.97. The van der Waals surface area contributed by atoms with Crippen LogP contribution in [0, 0.1) is 0 Å². The average Bonchev–Trinajstić information content (AvgIpc) is 2.80. The smallest absolute Gasteiger partial charge is 0.256 e. The lowest BCUT2D eigenvalue weighted by Gasteiger charge is -2.13. The average molecular weight is 258 g/mol. The van der Waals surface area contributed by atoms with E-state index in [9.17, 15) is 4.79 Å². The molecule has 1 aliphatic rings. The first-order chi connectivity index (χ1) is 6.67. The predicted molar refractivity (Wildman–Crippen MR) is 56.1 cm³/mol. The maximum absolute atomic E-state index is 11.7. The molecule has 1 aromatic rings. The Kier molecular flexibility index (Phi) is 2.39. The second-order valence-corrected chi connectivity index (χ2v) is 4.42. The molecule has 2 rings (SSSR count). The summed E-state index contributed by atoms with van der Waals surface area (Å²) < 4.78 is 5.51. The lowest BCUT2D eigenvalue weighted by molar-refractivity contribution is 0.0928. The molecule has 0 atom stereocenters. The van der Waals surface area contributed by atoms with Crippen LogP contribution in [0.2, 0.25) is 0 Å². The molecule has 1 N–H and O–H groups in total. The van der Waals surface area contributed by atoms with Crippen LogP contribution in [0.25, 0.3) is 0 Å². The van der Waals surface area contributed by atoms with Crippen molar-refractivity contribution < 1.29 is 9.21 Å². The van der Waals surface area contributed by atoms with Crippen LogP contribution >= 0.6 is 15.9 Å². The number of hydrogen-bond donors (Lipinski definition) is 1. The lowest BCUT2D eigenvalue weighted by atomic mass is 10.2. The van der Waals surface area contributed by atoms with Gasteiger partial charge in [-0.3, -0.25) is 4.79 Å². The van der Waals surface area contributed by atoms with Crippen LogP contribution in [0.1, 0.15) is 36.5 Å². The molecule has 1 amide bonds. The molecule has 1 fully saturated rings. The first-order valence-corrected chi connectivity index (χ1v) is 5.52. The van der Waals surface area contributed by atoms with Crippen LogP contribution in [-0.2, 0) is 0 Å². The minimum Gasteiger partial charge on any atom is -0.457 e. The van der Waals surface area contributed by atoms with Crippen LogP contribution in [-0.4, -0.2) is 11.4 Å². The predicted octanol–water partition coefficient (Wildman–Crippen LogP) is 2.71. The van der Waals surface area contributed by atoms with Crippen molar-refractivity contribution in [3.63, 3.8) is 0 Å². The number of carbonyl (C=O) groups is 1. The zero-order valence-corrected chi connectivity index (χ0v) is 9.56. The molecule has 0 aromatic carbocycles. The molecule has 1 aromatic heterocycles. The van der Waals surface area contributed by atoms with Crippen molar-refractivity contribution in [2.24, 2.45) is 0 Å². The first kappa shape index (κ1) is 9.77. The van der Waals surface area contributed by atoms with E-state index in [0.29, 0.717) is 10.2 Å². The summed E-state index contributed by atoms with van der Waals surface area (Å²) in [5.41, 5.74) is 0.637. The second kappa shape index (κ2) is 3.42. The number of furan rings is 1. The molecule has 14 heavy (non-hydrogen) atoms. The number of hydrogen-bond acceptors (Lipinski definition) is 2. The van der Waals surface area contributed by atoms with Crippen molar-refractivity contribution >= 4 is 21.8 Å². The molecule has 0 unspecified atom stereocenters. The molecule has 0 spiro atoms. The van der Waals surface area contributed by atoms with Gasteiger partial charge in [-0.05, 0) is 41.3 Å². The fourth-order valence-corrected chi connectivity index (χ4v) is 1.90. The quantitative estimate of drug-likeness (QED) is 0.905. The molecule has 76 valence electrons. The highest BCUT2D eigenvalue weighted by atomic mass is 79.9. The summed E-state index contributed by atoms with van der Waals surface area (Å²) in [5, 5.41) is 3.03. The number of nitrogens with one attached hydrogen (secondary N) is 1. The van der Waals surface area contributed by atoms with Gasteiger partial charge in [0.05, 0.1) is 11.8 Å². The van der Waals surface area contributed by atoms with E-state index >= 15 is 0 Å². The van der Waals surface area contributed by atoms with E-state index in [1.807, 2.05) is 0 Å². The Bertz CT molecular complexity index is 355. The van der Waals surface area contributed by atoms with Gasteiger partial charge in [-0.25, -0.2) is 0 Å². The van der Waals surface area contributed by atoms with Crippen LogP contribution in [0.5, 0.6) is 0 Å². The molecular formula is C10H12BrNO2. The van der Waals surface area contributed by atoms with E-state index < -0.39 is 0 Å². The molecule has 4 heteroatoms. The van der Waals surface area contributed by atoms with E-state index in [4.69, 9.17) is 4.42 Å². The fraction of sp³-hybridized carbons (Fsp3) is 0.500. The van der Waals surface area contributed by atoms with E-state index in [0.717, 1.165) is 19.3 Å². The number of amides is 1. The molecule has 1 heterocycles. The monoisotopic (exact) mass is 257 g/mol. The van der Waals surface area contributed by atoms with Gasteiger partial charge < -0.3 is 9.73 Å². The van der Waals surface area contributed by atoms with Crippen LogP contribution in [0.4, 0.5) is 0 Å². The molecule has 1 aliphatic carbocycles. The summed E-state index contributed by atoms with van der Waals surface area (Å²) in [6.07, 6.45) is 4.67. The van der Waals surface area contributed by atoms with Crippen LogP contribution in [0.15, 0.2) is 21.4 Å². The summed E-state index contributed by atoms with van der Waals surface area (Å²) in [4.78, 5) is 11.7. The van der Waals surface area contributed by atoms with Gasteiger partial charge in [0.2, 0.25) is 0 Å². The standard InChI is InChI=1S/C10H12BrNO2/c1-2-10(4-5-10)12-9(13)7-3-6-14-8(7)11/h3,6H,2,4-5H2,1H3,(H,12,13). The van der Waals surface area contributed by atoms with Gasteiger partial charge in [0, 0.05) is 5.54 Å². The van der Waals surface area contributed by atoms with Gasteiger partial charge in [-0.2, -0.15) is 0 Å². The van der Waals surface area contributed by atoms with Gasteiger partial charge in [0.25, 0.3) is 5.91 Å². The number of halogens is 1. The zero-order chi connectivity index (χ0) is 10.2. The number of carbonyl (C=O) groups excluding carboxylic acids is 1. The SMILES string of the molecule is CCC1(NC(=O)c2ccoc2Br)CC1. The van der Waals surface area contributed by atoms with Crippen LogP contribution in [0.3, 0.4) is 0 Å². The summed E-state index contributed by atoms with van der Waals surface area (Å²) in [5.74, 6) is -0.0509. The Labute approximate surface area is 91.0 Å². The molecular weight excluding hydrogens is 246 g/mol. The highest BCUT2D eigenvalue weighted by Gasteiger charge is 2.42. The Hall–Kier alpha value is -0.770. The van der Waals surface area contributed by atoms with Crippen molar-refractivity contribution in [1.82, 2.24) is 5.32 Å². The van der Waals surface area contributed by atoms with Crippen molar-refractivity contribution in [2.75, 3.05) is 0 Å². The van der Waals surface area contributed by atoms with E-state index in [1.165, 1.54) is 6.26 Å². The maximum atomic E-state index is 11.7. The van der Waals surface area contributed by atoms with Gasteiger partial charge in [0.1, 0.15) is 0 Å². The van der Waals surface area contributed by atoms with E-state index in [-0.39, 0.29) is 11.4 Å². The Morgan fingerprint density at radius 1 is 1.71 bits per heavy atom. The highest BCUT2D eigenvalue weighted by Crippen LogP contribution is 2.38. The highest BCUT2D eigenvalue weighted by molar-refractivity contribution is 9.10. The van der Waals surface area contributed by atoms with Crippen LogP contribution < -0.4 is 5.32 Å². The van der Waals surface area contributed by atoms with E-state index in [2.05, 4.69) is 28.2 Å². The van der Waals surface area contributed by atoms with Crippen molar-refractivity contribution in [3.8, 4) is 0 Å². The number of rotatable bonds is 3. The largest absolute Gasteiger partial charge is 0.457 e. The first-order valence-electron chi connectivity index (χ1n) is 4.72. The summed E-state index contributed by atoms with van der Waals surface area (Å²) >= 11 is 3.19. The third-order valence-electron chi connectivity index (χ3n) is 2.77. The molecule has 0 saturated heterocycles. The molecule has 0 aliphatic heterocycles. The Morgan fingerprint density at radius 2 is 2.43 bits per heavy atom. The van der Waals surface area contributed by atoms with E-state index in [1.54, 1.807) is 6.07 Å². The Balaban J connectivity index is 2.07. The molecule has 0 bridgehead atoms. The fourth-order valence-electron chi connectivity index (χ4n) is 1.48. The van der Waals surface area contributed by atoms with Crippen molar-refractivity contribution in [1.29, 1.82) is 0 Å². The second-order valence-electron chi connectivity index (χ2n) is 3.70. The van der Waals surface area contributed by atoms with Gasteiger partial charge in [-0.1, -0.05) is 6.92 Å². The third-order valence-corrected chi connectivity index (χ3v) is 3.39.